The smallest absolute Gasteiger partial charge is 0.255 e. The van der Waals surface area contributed by atoms with Crippen molar-refractivity contribution in [3.8, 4) is 0 Å². The zero-order valence-electron chi connectivity index (χ0n) is 14.1. The molecule has 0 aliphatic carbocycles. The Balaban J connectivity index is 1.60. The first kappa shape index (κ1) is 17.5. The highest BCUT2D eigenvalue weighted by Crippen LogP contribution is 2.14. The number of hydrogen-bond donors (Lipinski definition) is 2. The molecular formula is C20H17F2N3O. The van der Waals surface area contributed by atoms with Crippen molar-refractivity contribution in [2.24, 2.45) is 0 Å². The van der Waals surface area contributed by atoms with Gasteiger partial charge in [-0.05, 0) is 42.8 Å². The summed E-state index contributed by atoms with van der Waals surface area (Å²) in [6, 6.07) is 14.6. The Morgan fingerprint density at radius 2 is 1.88 bits per heavy atom. The number of amides is 1. The lowest BCUT2D eigenvalue weighted by Gasteiger charge is -2.08. The molecule has 2 N–H and O–H groups in total. The maximum Gasteiger partial charge on any atom is 0.255 e. The Kier molecular flexibility index (Phi) is 5.22. The first-order chi connectivity index (χ1) is 12.5. The number of anilines is 2. The van der Waals surface area contributed by atoms with E-state index in [1.54, 1.807) is 12.1 Å². The number of aryl methyl sites for hydroxylation is 1. The molecule has 132 valence electrons. The third-order valence-corrected chi connectivity index (χ3v) is 3.76. The summed E-state index contributed by atoms with van der Waals surface area (Å²) in [7, 11) is 0. The average Bonchev–Trinajstić information content (AvgIpc) is 2.63. The maximum absolute atomic E-state index is 13.2. The lowest BCUT2D eigenvalue weighted by Crippen LogP contribution is -2.12. The van der Waals surface area contributed by atoms with Gasteiger partial charge < -0.3 is 10.6 Å². The van der Waals surface area contributed by atoms with Gasteiger partial charge in [-0.15, -0.1) is 0 Å². The number of aromatic nitrogens is 1. The van der Waals surface area contributed by atoms with Gasteiger partial charge in [0, 0.05) is 12.1 Å². The highest BCUT2D eigenvalue weighted by atomic mass is 19.2. The number of carbonyl (C=O) groups is 1. The summed E-state index contributed by atoms with van der Waals surface area (Å²) in [5, 5.41) is 5.79. The number of pyridine rings is 1. The molecule has 6 heteroatoms. The van der Waals surface area contributed by atoms with E-state index in [1.807, 2.05) is 25.1 Å². The molecule has 1 aromatic heterocycles. The molecule has 0 saturated heterocycles. The van der Waals surface area contributed by atoms with Gasteiger partial charge in [-0.2, -0.15) is 0 Å². The second-order valence-corrected chi connectivity index (χ2v) is 5.86. The van der Waals surface area contributed by atoms with E-state index < -0.39 is 17.5 Å². The van der Waals surface area contributed by atoms with Crippen molar-refractivity contribution in [2.45, 2.75) is 13.5 Å². The van der Waals surface area contributed by atoms with Gasteiger partial charge in [-0.1, -0.05) is 29.8 Å². The van der Waals surface area contributed by atoms with Crippen molar-refractivity contribution >= 4 is 17.4 Å². The Labute approximate surface area is 149 Å². The fraction of sp³-hybridized carbons (Fsp3) is 0.100. The molecule has 0 saturated carbocycles. The number of benzene rings is 2. The number of halogens is 2. The average molecular weight is 353 g/mol. The minimum absolute atomic E-state index is 0.0329. The molecule has 0 unspecified atom stereocenters. The number of hydrogen-bond acceptors (Lipinski definition) is 3. The largest absolute Gasteiger partial charge is 0.366 e. The third-order valence-electron chi connectivity index (χ3n) is 3.76. The van der Waals surface area contributed by atoms with Crippen molar-refractivity contribution in [1.29, 1.82) is 0 Å². The normalized spacial score (nSPS) is 10.4. The van der Waals surface area contributed by atoms with E-state index in [-0.39, 0.29) is 5.56 Å². The molecule has 2 aromatic carbocycles. The zero-order chi connectivity index (χ0) is 18.5. The van der Waals surface area contributed by atoms with Gasteiger partial charge >= 0.3 is 0 Å². The summed E-state index contributed by atoms with van der Waals surface area (Å²) in [6.45, 7) is 2.67. The summed E-state index contributed by atoms with van der Waals surface area (Å²) < 4.78 is 26.1. The van der Waals surface area contributed by atoms with Crippen LogP contribution in [0.3, 0.4) is 0 Å². The predicted octanol–water partition coefficient (Wildman–Crippen LogP) is 4.53. The van der Waals surface area contributed by atoms with Crippen molar-refractivity contribution in [3.05, 3.63) is 89.1 Å². The van der Waals surface area contributed by atoms with Crippen molar-refractivity contribution < 1.29 is 13.6 Å². The molecule has 1 amide bonds. The van der Waals surface area contributed by atoms with Gasteiger partial charge in [0.2, 0.25) is 0 Å². The van der Waals surface area contributed by atoms with E-state index in [0.29, 0.717) is 18.1 Å². The Morgan fingerprint density at radius 3 is 2.58 bits per heavy atom. The van der Waals surface area contributed by atoms with Gasteiger partial charge in [-0.3, -0.25) is 4.79 Å². The lowest BCUT2D eigenvalue weighted by atomic mass is 10.1. The van der Waals surface area contributed by atoms with Crippen molar-refractivity contribution in [2.75, 3.05) is 10.6 Å². The third kappa shape index (κ3) is 4.42. The minimum Gasteiger partial charge on any atom is -0.366 e. The van der Waals surface area contributed by atoms with Gasteiger partial charge in [0.15, 0.2) is 11.6 Å². The van der Waals surface area contributed by atoms with Crippen LogP contribution in [0.2, 0.25) is 0 Å². The molecule has 4 nitrogen and oxygen atoms in total. The van der Waals surface area contributed by atoms with E-state index in [2.05, 4.69) is 21.7 Å². The van der Waals surface area contributed by atoms with Crippen LogP contribution in [0.1, 0.15) is 21.5 Å². The van der Waals surface area contributed by atoms with Crippen LogP contribution >= 0.6 is 0 Å². The second kappa shape index (κ2) is 7.74. The quantitative estimate of drug-likeness (QED) is 0.708. The highest BCUT2D eigenvalue weighted by molar-refractivity contribution is 6.04. The van der Waals surface area contributed by atoms with Crippen LogP contribution in [0.4, 0.5) is 20.3 Å². The molecule has 0 spiro atoms. The number of carbonyl (C=O) groups excluding carboxylic acids is 1. The standard InChI is InChI=1S/C20H17F2N3O/c1-13-3-2-4-14(9-13)11-23-19-8-6-16(12-24-19)25-20(26)15-5-7-17(21)18(22)10-15/h2-10,12H,11H2,1H3,(H,23,24)(H,25,26). The van der Waals surface area contributed by atoms with Crippen molar-refractivity contribution in [1.82, 2.24) is 4.98 Å². The molecule has 26 heavy (non-hydrogen) atoms. The lowest BCUT2D eigenvalue weighted by molar-refractivity contribution is 0.102. The summed E-state index contributed by atoms with van der Waals surface area (Å²) in [5.74, 6) is -1.93. The van der Waals surface area contributed by atoms with E-state index in [4.69, 9.17) is 0 Å². The highest BCUT2D eigenvalue weighted by Gasteiger charge is 2.10. The molecule has 3 rings (SSSR count). The molecule has 0 bridgehead atoms. The van der Waals surface area contributed by atoms with Gasteiger partial charge in [-0.25, -0.2) is 13.8 Å². The second-order valence-electron chi connectivity index (χ2n) is 5.86. The SMILES string of the molecule is Cc1cccc(CNc2ccc(NC(=O)c3ccc(F)c(F)c3)cn2)c1. The van der Waals surface area contributed by atoms with Gasteiger partial charge in [0.25, 0.3) is 5.91 Å². The molecule has 0 atom stereocenters. The molecule has 1 heterocycles. The molecule has 0 aliphatic heterocycles. The summed E-state index contributed by atoms with van der Waals surface area (Å²) in [5.41, 5.74) is 2.82. The first-order valence-corrected chi connectivity index (χ1v) is 8.03. The molecular weight excluding hydrogens is 336 g/mol. The van der Waals surface area contributed by atoms with E-state index >= 15 is 0 Å². The summed E-state index contributed by atoms with van der Waals surface area (Å²) in [6.07, 6.45) is 1.50. The summed E-state index contributed by atoms with van der Waals surface area (Å²) >= 11 is 0. The van der Waals surface area contributed by atoms with E-state index in [0.717, 1.165) is 17.7 Å². The van der Waals surface area contributed by atoms with E-state index in [9.17, 15) is 13.6 Å². The van der Waals surface area contributed by atoms with Crippen molar-refractivity contribution in [3.63, 3.8) is 0 Å². The fourth-order valence-electron chi connectivity index (χ4n) is 2.43. The molecule has 0 aliphatic rings. The topological polar surface area (TPSA) is 54.0 Å². The minimum atomic E-state index is -1.06. The Bertz CT molecular complexity index is 927. The van der Waals surface area contributed by atoms with Crippen LogP contribution in [-0.4, -0.2) is 10.9 Å². The van der Waals surface area contributed by atoms with Gasteiger partial charge in [0.1, 0.15) is 5.82 Å². The van der Waals surface area contributed by atoms with Crippen LogP contribution in [0, 0.1) is 18.6 Å². The Hall–Kier alpha value is -3.28. The molecule has 0 radical (unpaired) electrons. The monoisotopic (exact) mass is 353 g/mol. The number of nitrogens with zero attached hydrogens (tertiary/aromatic N) is 1. The van der Waals surface area contributed by atoms with Crippen LogP contribution < -0.4 is 10.6 Å². The summed E-state index contributed by atoms with van der Waals surface area (Å²) in [4.78, 5) is 16.3. The van der Waals surface area contributed by atoms with Gasteiger partial charge in [0.05, 0.1) is 11.9 Å². The molecule has 0 fully saturated rings. The Morgan fingerprint density at radius 1 is 1.04 bits per heavy atom. The van der Waals surface area contributed by atoms with Crippen LogP contribution in [0.15, 0.2) is 60.8 Å². The maximum atomic E-state index is 13.2. The van der Waals surface area contributed by atoms with E-state index in [1.165, 1.54) is 17.8 Å². The van der Waals surface area contributed by atoms with Crippen LogP contribution in [0.5, 0.6) is 0 Å². The number of nitrogens with one attached hydrogen (secondary N) is 2. The number of rotatable bonds is 5. The van der Waals surface area contributed by atoms with Crippen LogP contribution in [-0.2, 0) is 6.54 Å². The van der Waals surface area contributed by atoms with Crippen LogP contribution in [0.25, 0.3) is 0 Å². The molecule has 3 aromatic rings. The fourth-order valence-corrected chi connectivity index (χ4v) is 2.43. The first-order valence-electron chi connectivity index (χ1n) is 8.03. The predicted molar refractivity (Wildman–Crippen MR) is 97.1 cm³/mol. The zero-order valence-corrected chi connectivity index (χ0v) is 14.1.